The van der Waals surface area contributed by atoms with Crippen LogP contribution in [-0.2, 0) is 0 Å². The quantitative estimate of drug-likeness (QED) is 0.662. The number of carbonyl (C=O) groups excluding carboxylic acids is 1. The molecule has 2 aromatic rings. The number of hydrazone groups is 1. The summed E-state index contributed by atoms with van der Waals surface area (Å²) in [6.45, 7) is 2.01. The number of furan rings is 1. The lowest BCUT2D eigenvalue weighted by molar-refractivity contribution is 0.0927. The van der Waals surface area contributed by atoms with Crippen molar-refractivity contribution in [1.82, 2.24) is 5.43 Å². The van der Waals surface area contributed by atoms with E-state index >= 15 is 0 Å². The molecule has 0 fully saturated rings. The predicted octanol–water partition coefficient (Wildman–Crippen LogP) is 2.80. The van der Waals surface area contributed by atoms with Gasteiger partial charge in [-0.3, -0.25) is 4.79 Å². The van der Waals surface area contributed by atoms with Crippen LogP contribution in [0.15, 0.2) is 58.2 Å². The molecule has 0 spiro atoms. The molecule has 1 amide bonds. The largest absolute Gasteiger partial charge is 0.459 e. The average Bonchev–Trinajstić information content (AvgIpc) is 2.93. The van der Waals surface area contributed by atoms with Gasteiger partial charge in [0.05, 0.1) is 6.26 Å². The van der Waals surface area contributed by atoms with Crippen LogP contribution in [0.3, 0.4) is 0 Å². The maximum atomic E-state index is 11.5. The van der Waals surface area contributed by atoms with E-state index in [1.165, 1.54) is 6.26 Å². The molecule has 1 N–H and O–H groups in total. The van der Waals surface area contributed by atoms with Gasteiger partial charge in [-0.15, -0.1) is 0 Å². The summed E-state index contributed by atoms with van der Waals surface area (Å²) in [6, 6.07) is 13.2. The number of carbonyl (C=O) groups is 1. The van der Waals surface area contributed by atoms with E-state index in [9.17, 15) is 4.79 Å². The van der Waals surface area contributed by atoms with Crippen molar-refractivity contribution in [2.45, 2.75) is 12.8 Å². The molecule has 2 rings (SSSR count). The van der Waals surface area contributed by atoms with Gasteiger partial charge in [0.15, 0.2) is 5.76 Å². The zero-order chi connectivity index (χ0) is 12.8. The van der Waals surface area contributed by atoms with Crippen molar-refractivity contribution in [3.8, 4) is 0 Å². The van der Waals surface area contributed by atoms with E-state index in [0.717, 1.165) is 5.56 Å². The Bertz CT molecular complexity index is 518. The Kier molecular flexibility index (Phi) is 3.91. The van der Waals surface area contributed by atoms with Gasteiger partial charge in [-0.1, -0.05) is 37.3 Å². The molecular formula is C14H14N2O2. The van der Waals surface area contributed by atoms with Crippen molar-refractivity contribution < 1.29 is 9.21 Å². The van der Waals surface area contributed by atoms with Gasteiger partial charge < -0.3 is 4.42 Å². The first-order valence-electron chi connectivity index (χ1n) is 5.69. The zero-order valence-electron chi connectivity index (χ0n) is 10.0. The molecule has 4 heteroatoms. The van der Waals surface area contributed by atoms with E-state index < -0.39 is 0 Å². The van der Waals surface area contributed by atoms with Crippen LogP contribution >= 0.6 is 0 Å². The lowest BCUT2D eigenvalue weighted by Gasteiger charge is -2.04. The fourth-order valence-corrected chi connectivity index (χ4v) is 1.51. The Balaban J connectivity index is 1.90. The summed E-state index contributed by atoms with van der Waals surface area (Å²) in [5.41, 5.74) is 3.57. The molecule has 0 radical (unpaired) electrons. The van der Waals surface area contributed by atoms with Gasteiger partial charge in [-0.25, -0.2) is 5.43 Å². The molecule has 1 aromatic heterocycles. The monoisotopic (exact) mass is 242 g/mol. The van der Waals surface area contributed by atoms with Crippen LogP contribution in [-0.4, -0.2) is 12.1 Å². The van der Waals surface area contributed by atoms with Crippen molar-refractivity contribution in [3.63, 3.8) is 0 Å². The van der Waals surface area contributed by atoms with Crippen molar-refractivity contribution >= 4 is 12.1 Å². The van der Waals surface area contributed by atoms with E-state index in [-0.39, 0.29) is 17.6 Å². The number of nitrogens with one attached hydrogen (secondary N) is 1. The van der Waals surface area contributed by atoms with Gasteiger partial charge in [0.25, 0.3) is 0 Å². The zero-order valence-corrected chi connectivity index (χ0v) is 10.0. The van der Waals surface area contributed by atoms with Crippen molar-refractivity contribution in [1.29, 1.82) is 0 Å². The average molecular weight is 242 g/mol. The maximum absolute atomic E-state index is 11.5. The minimum atomic E-state index is -0.350. The van der Waals surface area contributed by atoms with Gasteiger partial charge in [-0.2, -0.15) is 5.10 Å². The van der Waals surface area contributed by atoms with E-state index in [2.05, 4.69) is 10.5 Å². The highest BCUT2D eigenvalue weighted by Gasteiger charge is 2.06. The third kappa shape index (κ3) is 3.07. The number of hydrogen-bond donors (Lipinski definition) is 1. The Morgan fingerprint density at radius 3 is 2.72 bits per heavy atom. The molecule has 1 aromatic carbocycles. The first-order chi connectivity index (χ1) is 8.77. The molecule has 18 heavy (non-hydrogen) atoms. The molecule has 0 aliphatic rings. The molecular weight excluding hydrogens is 228 g/mol. The second-order valence-electron chi connectivity index (χ2n) is 3.90. The molecule has 0 aliphatic heterocycles. The highest BCUT2D eigenvalue weighted by Crippen LogP contribution is 2.11. The molecule has 0 saturated carbocycles. The SMILES string of the molecule is CC(C=NNC(=O)c1ccco1)c1ccccc1. The van der Waals surface area contributed by atoms with E-state index in [0.29, 0.717) is 0 Å². The molecule has 1 heterocycles. The third-order valence-corrected chi connectivity index (χ3v) is 2.53. The van der Waals surface area contributed by atoms with E-state index in [4.69, 9.17) is 4.42 Å². The van der Waals surface area contributed by atoms with Gasteiger partial charge in [-0.05, 0) is 17.7 Å². The minimum Gasteiger partial charge on any atom is -0.459 e. The molecule has 0 bridgehead atoms. The van der Waals surface area contributed by atoms with Crippen LogP contribution < -0.4 is 5.43 Å². The van der Waals surface area contributed by atoms with Crippen LogP contribution in [0.25, 0.3) is 0 Å². The van der Waals surface area contributed by atoms with Gasteiger partial charge in [0, 0.05) is 12.1 Å². The first kappa shape index (κ1) is 12.1. The highest BCUT2D eigenvalue weighted by atomic mass is 16.3. The number of nitrogens with zero attached hydrogens (tertiary/aromatic N) is 1. The van der Waals surface area contributed by atoms with Crippen LogP contribution in [0, 0.1) is 0 Å². The van der Waals surface area contributed by atoms with Crippen LogP contribution in [0.1, 0.15) is 29.0 Å². The summed E-state index contributed by atoms with van der Waals surface area (Å²) >= 11 is 0. The van der Waals surface area contributed by atoms with Gasteiger partial charge in [0.1, 0.15) is 0 Å². The Morgan fingerprint density at radius 1 is 1.28 bits per heavy atom. The second kappa shape index (κ2) is 5.82. The summed E-state index contributed by atoms with van der Waals surface area (Å²) in [5, 5.41) is 3.92. The van der Waals surface area contributed by atoms with E-state index in [1.807, 2.05) is 37.3 Å². The Labute approximate surface area is 105 Å². The van der Waals surface area contributed by atoms with Crippen LogP contribution in [0.5, 0.6) is 0 Å². The summed E-state index contributed by atoms with van der Waals surface area (Å²) in [5.74, 6) is 0.0409. The summed E-state index contributed by atoms with van der Waals surface area (Å²) < 4.78 is 4.95. The molecule has 92 valence electrons. The third-order valence-electron chi connectivity index (χ3n) is 2.53. The fourth-order valence-electron chi connectivity index (χ4n) is 1.51. The smallest absolute Gasteiger partial charge is 0.307 e. The predicted molar refractivity (Wildman–Crippen MR) is 69.5 cm³/mol. The standard InChI is InChI=1S/C14H14N2O2/c1-11(12-6-3-2-4-7-12)10-15-16-14(17)13-8-5-9-18-13/h2-11H,1H3,(H,16,17). The lowest BCUT2D eigenvalue weighted by atomic mass is 10.0. The number of hydrogen-bond acceptors (Lipinski definition) is 3. The number of benzene rings is 1. The van der Waals surface area contributed by atoms with E-state index in [1.54, 1.807) is 18.3 Å². The summed E-state index contributed by atoms with van der Waals surface area (Å²) in [7, 11) is 0. The lowest BCUT2D eigenvalue weighted by Crippen LogP contribution is -2.17. The topological polar surface area (TPSA) is 54.6 Å². The summed E-state index contributed by atoms with van der Waals surface area (Å²) in [4.78, 5) is 11.5. The van der Waals surface area contributed by atoms with Crippen molar-refractivity contribution in [3.05, 3.63) is 60.1 Å². The van der Waals surface area contributed by atoms with Gasteiger partial charge >= 0.3 is 5.91 Å². The van der Waals surface area contributed by atoms with Gasteiger partial charge in [0.2, 0.25) is 0 Å². The summed E-state index contributed by atoms with van der Waals surface area (Å²) in [6.07, 6.45) is 3.14. The van der Waals surface area contributed by atoms with Crippen LogP contribution in [0.4, 0.5) is 0 Å². The Morgan fingerprint density at radius 2 is 2.06 bits per heavy atom. The second-order valence-corrected chi connectivity index (χ2v) is 3.90. The van der Waals surface area contributed by atoms with Crippen molar-refractivity contribution in [2.24, 2.45) is 5.10 Å². The fraction of sp³-hybridized carbons (Fsp3) is 0.143. The molecule has 0 saturated heterocycles. The first-order valence-corrected chi connectivity index (χ1v) is 5.69. The normalized spacial score (nSPS) is 12.5. The highest BCUT2D eigenvalue weighted by molar-refractivity contribution is 5.91. The van der Waals surface area contributed by atoms with Crippen molar-refractivity contribution in [2.75, 3.05) is 0 Å². The molecule has 1 unspecified atom stereocenters. The Hall–Kier alpha value is -2.36. The number of rotatable bonds is 4. The minimum absolute atomic E-state index is 0.142. The maximum Gasteiger partial charge on any atom is 0.307 e. The molecule has 0 aliphatic carbocycles. The molecule has 1 atom stereocenters. The van der Waals surface area contributed by atoms with Crippen LogP contribution in [0.2, 0.25) is 0 Å². The molecule has 4 nitrogen and oxygen atoms in total. The number of amides is 1.